The van der Waals surface area contributed by atoms with Gasteiger partial charge in [-0.15, -0.1) is 5.10 Å². The summed E-state index contributed by atoms with van der Waals surface area (Å²) in [6.45, 7) is 5.38. The first kappa shape index (κ1) is 12.8. The third-order valence-electron chi connectivity index (χ3n) is 2.92. The summed E-state index contributed by atoms with van der Waals surface area (Å²) in [7, 11) is 4.16. The van der Waals surface area contributed by atoms with E-state index < -0.39 is 0 Å². The predicted octanol–water partition coefficient (Wildman–Crippen LogP) is 1.73. The van der Waals surface area contributed by atoms with E-state index in [2.05, 4.69) is 48.2 Å². The van der Waals surface area contributed by atoms with Gasteiger partial charge in [0.1, 0.15) is 0 Å². The molecule has 2 rings (SSSR count). The van der Waals surface area contributed by atoms with Gasteiger partial charge in [0.25, 0.3) is 0 Å². The summed E-state index contributed by atoms with van der Waals surface area (Å²) in [5.74, 6) is 1.22. The molecule has 0 spiro atoms. The van der Waals surface area contributed by atoms with Gasteiger partial charge in [-0.1, -0.05) is 19.9 Å². The molecule has 0 aliphatic carbocycles. The van der Waals surface area contributed by atoms with Crippen molar-refractivity contribution in [1.82, 2.24) is 19.5 Å². The van der Waals surface area contributed by atoms with E-state index in [1.807, 2.05) is 24.4 Å². The Hall–Kier alpha value is -1.62. The van der Waals surface area contributed by atoms with E-state index in [0.717, 1.165) is 12.2 Å². The van der Waals surface area contributed by atoms with Crippen LogP contribution in [0.2, 0.25) is 0 Å². The summed E-state index contributed by atoms with van der Waals surface area (Å²) in [5.41, 5.74) is 0.868. The Morgan fingerprint density at radius 3 is 2.72 bits per heavy atom. The number of likely N-dealkylation sites (N-methyl/N-ethyl adjacent to an activating group) is 1. The van der Waals surface area contributed by atoms with Crippen molar-refractivity contribution in [3.8, 4) is 0 Å². The second-order valence-corrected chi connectivity index (χ2v) is 5.20. The molecule has 2 heterocycles. The van der Waals surface area contributed by atoms with Crippen LogP contribution in [-0.2, 0) is 0 Å². The molecule has 0 aromatic carbocycles. The molecule has 98 valence electrons. The van der Waals surface area contributed by atoms with E-state index in [1.165, 1.54) is 0 Å². The fourth-order valence-electron chi connectivity index (χ4n) is 1.88. The lowest BCUT2D eigenvalue weighted by Gasteiger charge is -2.24. The van der Waals surface area contributed by atoms with Crippen LogP contribution in [0.4, 0.5) is 5.95 Å². The minimum Gasteiger partial charge on any atom is -0.349 e. The topological polar surface area (TPSA) is 45.5 Å². The van der Waals surface area contributed by atoms with Crippen molar-refractivity contribution in [3.63, 3.8) is 0 Å². The van der Waals surface area contributed by atoms with Crippen molar-refractivity contribution >= 4 is 11.6 Å². The average Bonchev–Trinajstić information content (AvgIpc) is 2.69. The van der Waals surface area contributed by atoms with Crippen molar-refractivity contribution in [2.45, 2.75) is 19.9 Å². The first-order valence-electron chi connectivity index (χ1n) is 6.29. The van der Waals surface area contributed by atoms with E-state index in [9.17, 15) is 0 Å². The first-order valence-corrected chi connectivity index (χ1v) is 6.29. The molecule has 5 heteroatoms. The molecule has 0 saturated carbocycles. The van der Waals surface area contributed by atoms with E-state index in [0.29, 0.717) is 17.9 Å². The van der Waals surface area contributed by atoms with Gasteiger partial charge >= 0.3 is 0 Å². The highest BCUT2D eigenvalue weighted by molar-refractivity contribution is 5.43. The third kappa shape index (κ3) is 2.98. The lowest BCUT2D eigenvalue weighted by atomic mass is 10.0. The number of anilines is 1. The maximum atomic E-state index is 4.46. The summed E-state index contributed by atoms with van der Waals surface area (Å²) >= 11 is 0. The Morgan fingerprint density at radius 2 is 2.11 bits per heavy atom. The van der Waals surface area contributed by atoms with Crippen LogP contribution in [0.25, 0.3) is 5.65 Å². The minimum atomic E-state index is 0.345. The Bertz CT molecular complexity index is 470. The molecule has 0 fully saturated rings. The standard InChI is InChI=1S/C13H21N5/c1-10(2)11(9-17(3)4)14-13-15-12-7-5-6-8-18(12)16-13/h5-8,10-11H,9H2,1-4H3,(H,14,16). The molecule has 1 unspecified atom stereocenters. The summed E-state index contributed by atoms with van der Waals surface area (Å²) in [6, 6.07) is 6.21. The van der Waals surface area contributed by atoms with Crippen molar-refractivity contribution in [2.75, 3.05) is 26.0 Å². The fraction of sp³-hybridized carbons (Fsp3) is 0.538. The minimum absolute atomic E-state index is 0.345. The average molecular weight is 247 g/mol. The Morgan fingerprint density at radius 1 is 1.33 bits per heavy atom. The molecule has 0 saturated heterocycles. The van der Waals surface area contributed by atoms with Gasteiger partial charge in [-0.3, -0.25) is 0 Å². The van der Waals surface area contributed by atoms with E-state index in [4.69, 9.17) is 0 Å². The molecule has 1 N–H and O–H groups in total. The Balaban J connectivity index is 2.15. The monoisotopic (exact) mass is 247 g/mol. The molecule has 0 aliphatic rings. The number of nitrogens with one attached hydrogen (secondary N) is 1. The van der Waals surface area contributed by atoms with Gasteiger partial charge in [-0.05, 0) is 32.1 Å². The molecule has 2 aromatic rings. The summed E-state index contributed by atoms with van der Waals surface area (Å²) in [6.07, 6.45) is 1.91. The van der Waals surface area contributed by atoms with Crippen LogP contribution in [0.5, 0.6) is 0 Å². The lowest BCUT2D eigenvalue weighted by Crippen LogP contribution is -2.36. The molecule has 18 heavy (non-hydrogen) atoms. The molecule has 0 radical (unpaired) electrons. The van der Waals surface area contributed by atoms with Crippen LogP contribution in [0.15, 0.2) is 24.4 Å². The van der Waals surface area contributed by atoms with E-state index in [1.54, 1.807) is 4.52 Å². The van der Waals surface area contributed by atoms with Crippen LogP contribution in [0.1, 0.15) is 13.8 Å². The molecule has 5 nitrogen and oxygen atoms in total. The van der Waals surface area contributed by atoms with Crippen molar-refractivity contribution in [1.29, 1.82) is 0 Å². The van der Waals surface area contributed by atoms with E-state index in [-0.39, 0.29) is 0 Å². The molecule has 2 aromatic heterocycles. The van der Waals surface area contributed by atoms with Gasteiger partial charge in [0, 0.05) is 18.8 Å². The van der Waals surface area contributed by atoms with Crippen molar-refractivity contribution < 1.29 is 0 Å². The zero-order valence-electron chi connectivity index (χ0n) is 11.5. The smallest absolute Gasteiger partial charge is 0.243 e. The first-order chi connectivity index (χ1) is 8.56. The molecule has 0 bridgehead atoms. The number of hydrogen-bond acceptors (Lipinski definition) is 4. The molecular weight excluding hydrogens is 226 g/mol. The highest BCUT2D eigenvalue weighted by Crippen LogP contribution is 2.11. The van der Waals surface area contributed by atoms with Gasteiger partial charge in [-0.25, -0.2) is 4.52 Å². The lowest BCUT2D eigenvalue weighted by molar-refractivity contribution is 0.343. The molecular formula is C13H21N5. The van der Waals surface area contributed by atoms with Gasteiger partial charge in [0.15, 0.2) is 5.65 Å². The zero-order valence-corrected chi connectivity index (χ0v) is 11.5. The summed E-state index contributed by atoms with van der Waals surface area (Å²) in [4.78, 5) is 6.64. The van der Waals surface area contributed by atoms with Gasteiger partial charge in [0.2, 0.25) is 5.95 Å². The van der Waals surface area contributed by atoms with Crippen molar-refractivity contribution in [3.05, 3.63) is 24.4 Å². The molecule has 0 aliphatic heterocycles. The van der Waals surface area contributed by atoms with Crippen LogP contribution >= 0.6 is 0 Å². The molecule has 1 atom stereocenters. The third-order valence-corrected chi connectivity index (χ3v) is 2.92. The summed E-state index contributed by atoms with van der Waals surface area (Å²) in [5, 5.41) is 7.83. The van der Waals surface area contributed by atoms with Crippen molar-refractivity contribution in [2.24, 2.45) is 5.92 Å². The van der Waals surface area contributed by atoms with Gasteiger partial charge in [0.05, 0.1) is 0 Å². The second-order valence-electron chi connectivity index (χ2n) is 5.20. The zero-order chi connectivity index (χ0) is 13.1. The number of rotatable bonds is 5. The largest absolute Gasteiger partial charge is 0.349 e. The Kier molecular flexibility index (Phi) is 3.81. The number of nitrogens with zero attached hydrogens (tertiary/aromatic N) is 4. The van der Waals surface area contributed by atoms with Gasteiger partial charge < -0.3 is 10.2 Å². The highest BCUT2D eigenvalue weighted by atomic mass is 15.3. The maximum Gasteiger partial charge on any atom is 0.243 e. The van der Waals surface area contributed by atoms with Crippen LogP contribution < -0.4 is 5.32 Å². The number of pyridine rings is 1. The summed E-state index contributed by atoms with van der Waals surface area (Å²) < 4.78 is 1.79. The quantitative estimate of drug-likeness (QED) is 0.874. The second kappa shape index (κ2) is 5.35. The van der Waals surface area contributed by atoms with Crippen LogP contribution in [-0.4, -0.2) is 46.2 Å². The normalized spacial score (nSPS) is 13.4. The Labute approximate surface area is 108 Å². The maximum absolute atomic E-state index is 4.46. The SMILES string of the molecule is CC(C)C(CN(C)C)Nc1nc2ccccn2n1. The fourth-order valence-corrected chi connectivity index (χ4v) is 1.88. The number of aromatic nitrogens is 3. The number of fused-ring (bicyclic) bond motifs is 1. The van der Waals surface area contributed by atoms with Gasteiger partial charge in [-0.2, -0.15) is 4.98 Å². The number of hydrogen-bond donors (Lipinski definition) is 1. The predicted molar refractivity (Wildman–Crippen MR) is 73.8 cm³/mol. The van der Waals surface area contributed by atoms with Crippen LogP contribution in [0, 0.1) is 5.92 Å². The molecule has 0 amide bonds. The van der Waals surface area contributed by atoms with E-state index >= 15 is 0 Å². The van der Waals surface area contributed by atoms with Crippen LogP contribution in [0.3, 0.4) is 0 Å². The highest BCUT2D eigenvalue weighted by Gasteiger charge is 2.16.